The van der Waals surface area contributed by atoms with Gasteiger partial charge < -0.3 is 10.7 Å². The van der Waals surface area contributed by atoms with E-state index in [1.54, 1.807) is 5.01 Å². The second-order valence-electron chi connectivity index (χ2n) is 4.80. The molecule has 112 valence electrons. The molecule has 0 spiro atoms. The lowest BCUT2D eigenvalue weighted by Gasteiger charge is -2.10. The van der Waals surface area contributed by atoms with Gasteiger partial charge in [0.15, 0.2) is 5.69 Å². The molecule has 20 heavy (non-hydrogen) atoms. The second-order valence-corrected chi connectivity index (χ2v) is 4.80. The standard InChI is InChI=1S/C13H24N6O/c1-3-4-5-6-7-8-9-19(2)18-17-13-11(12(14)20)15-10-16-13/h10H,3-9H2,1-2H3,(H2,14,20)(H,15,16)/b18-17+. The van der Waals surface area contributed by atoms with Gasteiger partial charge in [-0.3, -0.25) is 9.80 Å². The maximum absolute atomic E-state index is 11.1. The predicted molar refractivity (Wildman–Crippen MR) is 77.6 cm³/mol. The van der Waals surface area contributed by atoms with E-state index >= 15 is 0 Å². The number of nitrogens with two attached hydrogens (primary N) is 1. The van der Waals surface area contributed by atoms with Crippen LogP contribution in [0.25, 0.3) is 0 Å². The van der Waals surface area contributed by atoms with E-state index in [9.17, 15) is 4.79 Å². The summed E-state index contributed by atoms with van der Waals surface area (Å²) >= 11 is 0. The van der Waals surface area contributed by atoms with Crippen LogP contribution in [0.4, 0.5) is 5.82 Å². The Bertz CT molecular complexity index is 428. The highest BCUT2D eigenvalue weighted by Crippen LogP contribution is 2.13. The lowest BCUT2D eigenvalue weighted by Crippen LogP contribution is -2.13. The van der Waals surface area contributed by atoms with Gasteiger partial charge in [-0.15, -0.1) is 5.11 Å². The van der Waals surface area contributed by atoms with Gasteiger partial charge in [0.1, 0.15) is 0 Å². The average molecular weight is 280 g/mol. The van der Waals surface area contributed by atoms with E-state index in [4.69, 9.17) is 5.73 Å². The molecular weight excluding hydrogens is 256 g/mol. The molecule has 1 heterocycles. The van der Waals surface area contributed by atoms with E-state index in [0.29, 0.717) is 0 Å². The van der Waals surface area contributed by atoms with Crippen LogP contribution in [0.15, 0.2) is 16.7 Å². The molecule has 0 fully saturated rings. The number of carbonyl (C=O) groups excluding carboxylic acids is 1. The van der Waals surface area contributed by atoms with E-state index in [-0.39, 0.29) is 11.5 Å². The highest BCUT2D eigenvalue weighted by molar-refractivity contribution is 5.94. The molecule has 0 saturated heterocycles. The summed E-state index contributed by atoms with van der Waals surface area (Å²) in [4.78, 5) is 17.6. The van der Waals surface area contributed by atoms with Crippen molar-refractivity contribution in [2.24, 2.45) is 16.1 Å². The number of H-pyrrole nitrogens is 1. The largest absolute Gasteiger partial charge is 0.364 e. The Morgan fingerprint density at radius 1 is 1.35 bits per heavy atom. The molecule has 0 aliphatic heterocycles. The number of imidazole rings is 1. The van der Waals surface area contributed by atoms with Crippen LogP contribution >= 0.6 is 0 Å². The average Bonchev–Trinajstić information content (AvgIpc) is 2.89. The second kappa shape index (κ2) is 9.06. The fourth-order valence-corrected chi connectivity index (χ4v) is 1.83. The van der Waals surface area contributed by atoms with Gasteiger partial charge in [-0.05, 0) is 6.42 Å². The number of unbranched alkanes of at least 4 members (excludes halogenated alkanes) is 5. The van der Waals surface area contributed by atoms with Crippen molar-refractivity contribution in [3.8, 4) is 0 Å². The molecular formula is C13H24N6O. The summed E-state index contributed by atoms with van der Waals surface area (Å²) in [6.45, 7) is 3.05. The van der Waals surface area contributed by atoms with Crippen molar-refractivity contribution in [2.45, 2.75) is 45.4 Å². The molecule has 0 aliphatic carbocycles. The summed E-state index contributed by atoms with van der Waals surface area (Å²) in [6, 6.07) is 0. The zero-order valence-corrected chi connectivity index (χ0v) is 12.3. The van der Waals surface area contributed by atoms with Crippen LogP contribution in [-0.4, -0.2) is 34.5 Å². The lowest BCUT2D eigenvalue weighted by atomic mass is 10.1. The van der Waals surface area contributed by atoms with Crippen LogP contribution in [0.5, 0.6) is 0 Å². The van der Waals surface area contributed by atoms with Gasteiger partial charge >= 0.3 is 0 Å². The highest BCUT2D eigenvalue weighted by atomic mass is 16.1. The van der Waals surface area contributed by atoms with Crippen LogP contribution in [0.1, 0.15) is 55.9 Å². The number of primary amides is 1. The van der Waals surface area contributed by atoms with Gasteiger partial charge in [-0.25, -0.2) is 4.98 Å². The minimum Gasteiger partial charge on any atom is -0.364 e. The van der Waals surface area contributed by atoms with Crippen molar-refractivity contribution in [1.82, 2.24) is 15.0 Å². The maximum atomic E-state index is 11.1. The summed E-state index contributed by atoms with van der Waals surface area (Å²) in [5.74, 6) is -0.359. The molecule has 0 aromatic carbocycles. The first-order valence-corrected chi connectivity index (χ1v) is 7.11. The third-order valence-electron chi connectivity index (χ3n) is 2.99. The molecule has 1 rings (SSSR count). The minimum atomic E-state index is -0.588. The molecule has 0 aliphatic rings. The number of hydrogen-bond acceptors (Lipinski definition) is 4. The number of amides is 1. The van der Waals surface area contributed by atoms with Crippen LogP contribution in [0.2, 0.25) is 0 Å². The van der Waals surface area contributed by atoms with Crippen molar-refractivity contribution in [1.29, 1.82) is 0 Å². The van der Waals surface area contributed by atoms with E-state index in [2.05, 4.69) is 27.2 Å². The van der Waals surface area contributed by atoms with E-state index in [1.807, 2.05) is 7.05 Å². The van der Waals surface area contributed by atoms with Crippen molar-refractivity contribution in [3.63, 3.8) is 0 Å². The van der Waals surface area contributed by atoms with Gasteiger partial charge in [-0.1, -0.05) is 44.3 Å². The summed E-state index contributed by atoms with van der Waals surface area (Å²) in [5, 5.41) is 9.68. The fraction of sp³-hybridized carbons (Fsp3) is 0.692. The third-order valence-corrected chi connectivity index (χ3v) is 2.99. The molecule has 1 aromatic rings. The number of hydrogen-bond donors (Lipinski definition) is 2. The molecule has 7 nitrogen and oxygen atoms in total. The summed E-state index contributed by atoms with van der Waals surface area (Å²) < 4.78 is 0. The van der Waals surface area contributed by atoms with Crippen LogP contribution in [-0.2, 0) is 0 Å². The first-order valence-electron chi connectivity index (χ1n) is 7.11. The number of carbonyl (C=O) groups is 1. The highest BCUT2D eigenvalue weighted by Gasteiger charge is 2.10. The molecule has 3 N–H and O–H groups in total. The van der Waals surface area contributed by atoms with E-state index in [1.165, 1.54) is 38.4 Å². The Labute approximate surface area is 119 Å². The minimum absolute atomic E-state index is 0.182. The van der Waals surface area contributed by atoms with Crippen LogP contribution < -0.4 is 5.73 Å². The van der Waals surface area contributed by atoms with Gasteiger partial charge in [0.05, 0.1) is 6.33 Å². The van der Waals surface area contributed by atoms with Crippen molar-refractivity contribution in [2.75, 3.05) is 13.6 Å². The van der Waals surface area contributed by atoms with Gasteiger partial charge in [-0.2, -0.15) is 0 Å². The van der Waals surface area contributed by atoms with Gasteiger partial charge in [0, 0.05) is 13.6 Å². The van der Waals surface area contributed by atoms with E-state index in [0.717, 1.165) is 13.0 Å². The number of rotatable bonds is 10. The first kappa shape index (κ1) is 16.1. The maximum Gasteiger partial charge on any atom is 0.269 e. The third kappa shape index (κ3) is 5.81. The number of aromatic nitrogens is 2. The van der Waals surface area contributed by atoms with Gasteiger partial charge in [0.2, 0.25) is 5.82 Å². The monoisotopic (exact) mass is 280 g/mol. The van der Waals surface area contributed by atoms with Gasteiger partial charge in [0.25, 0.3) is 5.91 Å². The number of aromatic amines is 1. The van der Waals surface area contributed by atoms with Crippen molar-refractivity contribution >= 4 is 11.7 Å². The Morgan fingerprint density at radius 3 is 2.75 bits per heavy atom. The molecule has 0 atom stereocenters. The molecule has 1 aromatic heterocycles. The topological polar surface area (TPSA) is 99.7 Å². The quantitative estimate of drug-likeness (QED) is 0.391. The Balaban J connectivity index is 2.27. The first-order chi connectivity index (χ1) is 9.65. The number of nitrogens with one attached hydrogen (secondary N) is 1. The van der Waals surface area contributed by atoms with E-state index < -0.39 is 5.91 Å². The fourth-order valence-electron chi connectivity index (χ4n) is 1.83. The zero-order chi connectivity index (χ0) is 14.8. The molecule has 0 bridgehead atoms. The SMILES string of the molecule is CCCCCCCCN(C)/N=N/c1nc[nH]c1C(N)=O. The number of nitrogens with zero attached hydrogens (tertiary/aromatic N) is 4. The molecule has 0 unspecified atom stereocenters. The van der Waals surface area contributed by atoms with Crippen LogP contribution in [0.3, 0.4) is 0 Å². The van der Waals surface area contributed by atoms with Crippen LogP contribution in [0, 0.1) is 0 Å². The molecule has 7 heteroatoms. The summed E-state index contributed by atoms with van der Waals surface area (Å²) in [5.41, 5.74) is 5.36. The Kier molecular flexibility index (Phi) is 7.31. The lowest BCUT2D eigenvalue weighted by molar-refractivity contribution is 0.0996. The summed E-state index contributed by atoms with van der Waals surface area (Å²) in [7, 11) is 1.85. The normalized spacial score (nSPS) is 11.1. The van der Waals surface area contributed by atoms with Crippen molar-refractivity contribution in [3.05, 3.63) is 12.0 Å². The molecule has 0 saturated carbocycles. The molecule has 0 radical (unpaired) electrons. The zero-order valence-electron chi connectivity index (χ0n) is 12.3. The predicted octanol–water partition coefficient (Wildman–Crippen LogP) is 2.80. The molecule has 1 amide bonds. The summed E-state index contributed by atoms with van der Waals surface area (Å²) in [6.07, 6.45) is 8.81. The smallest absolute Gasteiger partial charge is 0.269 e. The van der Waals surface area contributed by atoms with Crippen molar-refractivity contribution < 1.29 is 4.79 Å². The Hall–Kier alpha value is -1.92. The Morgan fingerprint density at radius 2 is 2.05 bits per heavy atom.